The maximum absolute atomic E-state index is 12.8. The van der Waals surface area contributed by atoms with Crippen LogP contribution in [0.25, 0.3) is 0 Å². The van der Waals surface area contributed by atoms with Gasteiger partial charge in [-0.05, 0) is 80.5 Å². The Bertz CT molecular complexity index is 1010. The predicted molar refractivity (Wildman–Crippen MR) is 107 cm³/mol. The summed E-state index contributed by atoms with van der Waals surface area (Å²) in [5.74, 6) is 0.317. The Kier molecular flexibility index (Phi) is 4.46. The number of nitrogens with zero attached hydrogens (tertiary/aromatic N) is 1. The quantitative estimate of drug-likeness (QED) is 0.872. The van der Waals surface area contributed by atoms with Crippen molar-refractivity contribution < 1.29 is 13.2 Å². The fraction of sp³-hybridized carbons (Fsp3) is 0.381. The van der Waals surface area contributed by atoms with Crippen LogP contribution in [0.4, 0.5) is 11.4 Å². The summed E-state index contributed by atoms with van der Waals surface area (Å²) in [5.41, 5.74) is 4.42. The van der Waals surface area contributed by atoms with Crippen molar-refractivity contribution in [3.63, 3.8) is 0 Å². The van der Waals surface area contributed by atoms with Gasteiger partial charge in [-0.25, -0.2) is 8.42 Å². The number of carbonyl (C=O) groups is 1. The lowest BCUT2D eigenvalue weighted by Crippen LogP contribution is -2.36. The van der Waals surface area contributed by atoms with Crippen molar-refractivity contribution >= 4 is 27.3 Å². The Morgan fingerprint density at radius 3 is 2.56 bits per heavy atom. The number of fused-ring (bicyclic) bond motifs is 1. The van der Waals surface area contributed by atoms with Crippen LogP contribution in [0.3, 0.4) is 0 Å². The van der Waals surface area contributed by atoms with Crippen LogP contribution in [0, 0.1) is 19.8 Å². The molecule has 1 heterocycles. The second kappa shape index (κ2) is 6.68. The fourth-order valence-corrected chi connectivity index (χ4v) is 4.65. The summed E-state index contributed by atoms with van der Waals surface area (Å²) in [6.45, 7) is 4.55. The molecule has 1 saturated carbocycles. The number of anilines is 2. The monoisotopic (exact) mass is 384 g/mol. The molecule has 1 N–H and O–H groups in total. The second-order valence-corrected chi connectivity index (χ2v) is 9.25. The first-order valence-electron chi connectivity index (χ1n) is 9.39. The average Bonchev–Trinajstić information content (AvgIpc) is 3.47. The van der Waals surface area contributed by atoms with Crippen LogP contribution >= 0.6 is 0 Å². The molecule has 27 heavy (non-hydrogen) atoms. The molecular weight excluding hydrogens is 360 g/mol. The van der Waals surface area contributed by atoms with E-state index in [9.17, 15) is 13.2 Å². The van der Waals surface area contributed by atoms with Gasteiger partial charge in [0.2, 0.25) is 5.91 Å². The third kappa shape index (κ3) is 3.58. The molecule has 142 valence electrons. The highest BCUT2D eigenvalue weighted by Crippen LogP contribution is 2.37. The number of amides is 1. The van der Waals surface area contributed by atoms with E-state index in [1.54, 1.807) is 24.3 Å². The lowest BCUT2D eigenvalue weighted by molar-refractivity contribution is -0.119. The van der Waals surface area contributed by atoms with E-state index in [0.717, 1.165) is 48.1 Å². The minimum Gasteiger partial charge on any atom is -0.312 e. The van der Waals surface area contributed by atoms with Crippen LogP contribution in [0.2, 0.25) is 0 Å². The van der Waals surface area contributed by atoms with Gasteiger partial charge in [0, 0.05) is 18.2 Å². The zero-order chi connectivity index (χ0) is 19.2. The third-order valence-corrected chi connectivity index (χ3v) is 6.82. The Labute approximate surface area is 160 Å². The number of sulfonamides is 1. The molecule has 0 radical (unpaired) electrons. The molecule has 2 aromatic rings. The first-order chi connectivity index (χ1) is 12.8. The molecule has 0 saturated heterocycles. The fourth-order valence-electron chi connectivity index (χ4n) is 3.51. The van der Waals surface area contributed by atoms with Crippen molar-refractivity contribution in [1.82, 2.24) is 0 Å². The van der Waals surface area contributed by atoms with Crippen LogP contribution < -0.4 is 9.62 Å². The van der Waals surface area contributed by atoms with E-state index in [2.05, 4.69) is 4.72 Å². The summed E-state index contributed by atoms with van der Waals surface area (Å²) in [6, 6.07) is 10.6. The van der Waals surface area contributed by atoms with Gasteiger partial charge in [-0.15, -0.1) is 0 Å². The summed E-state index contributed by atoms with van der Waals surface area (Å²) in [7, 11) is -3.67. The minimum atomic E-state index is -3.67. The van der Waals surface area contributed by atoms with Crippen molar-refractivity contribution in [2.45, 2.75) is 44.4 Å². The Morgan fingerprint density at radius 2 is 1.85 bits per heavy atom. The maximum Gasteiger partial charge on any atom is 0.261 e. The van der Waals surface area contributed by atoms with E-state index in [0.29, 0.717) is 12.2 Å². The zero-order valence-electron chi connectivity index (χ0n) is 15.7. The van der Waals surface area contributed by atoms with E-state index < -0.39 is 10.0 Å². The molecule has 2 aromatic carbocycles. The largest absolute Gasteiger partial charge is 0.312 e. The Hall–Kier alpha value is -2.34. The first-order valence-corrected chi connectivity index (χ1v) is 10.9. The van der Waals surface area contributed by atoms with Gasteiger partial charge in [-0.1, -0.05) is 12.1 Å². The van der Waals surface area contributed by atoms with Crippen LogP contribution in [-0.4, -0.2) is 20.9 Å². The first kappa shape index (κ1) is 18.0. The van der Waals surface area contributed by atoms with Crippen molar-refractivity contribution in [1.29, 1.82) is 0 Å². The summed E-state index contributed by atoms with van der Waals surface area (Å²) in [5, 5.41) is 0. The van der Waals surface area contributed by atoms with E-state index in [1.165, 1.54) is 0 Å². The number of carbonyl (C=O) groups excluding carboxylic acids is 1. The van der Waals surface area contributed by atoms with Crippen LogP contribution in [0.15, 0.2) is 41.3 Å². The smallest absolute Gasteiger partial charge is 0.261 e. The average molecular weight is 385 g/mol. The highest BCUT2D eigenvalue weighted by molar-refractivity contribution is 7.92. The normalized spacial score (nSPS) is 16.7. The van der Waals surface area contributed by atoms with Crippen molar-refractivity contribution in [3.05, 3.63) is 53.1 Å². The number of hydrogen-bond acceptors (Lipinski definition) is 3. The number of aryl methyl sites for hydroxylation is 3. The van der Waals surface area contributed by atoms with Crippen molar-refractivity contribution in [3.8, 4) is 0 Å². The molecule has 4 rings (SSSR count). The van der Waals surface area contributed by atoms with Crippen LogP contribution in [-0.2, 0) is 21.2 Å². The minimum absolute atomic E-state index is 0.145. The van der Waals surface area contributed by atoms with Gasteiger partial charge in [-0.2, -0.15) is 0 Å². The molecule has 2 aliphatic rings. The van der Waals surface area contributed by atoms with Crippen LogP contribution in [0.1, 0.15) is 36.0 Å². The molecule has 0 atom stereocenters. The highest BCUT2D eigenvalue weighted by atomic mass is 32.2. The van der Waals surface area contributed by atoms with Crippen molar-refractivity contribution in [2.75, 3.05) is 16.2 Å². The van der Waals surface area contributed by atoms with Gasteiger partial charge in [-0.3, -0.25) is 9.52 Å². The lowest BCUT2D eigenvalue weighted by atomic mass is 10.0. The summed E-state index contributed by atoms with van der Waals surface area (Å²) in [6.07, 6.45) is 3.78. The van der Waals surface area contributed by atoms with Crippen LogP contribution in [0.5, 0.6) is 0 Å². The summed E-state index contributed by atoms with van der Waals surface area (Å²) in [4.78, 5) is 14.7. The van der Waals surface area contributed by atoms with Gasteiger partial charge >= 0.3 is 0 Å². The van der Waals surface area contributed by atoms with Crippen molar-refractivity contribution in [2.24, 2.45) is 5.92 Å². The van der Waals surface area contributed by atoms with Gasteiger partial charge in [0.25, 0.3) is 10.0 Å². The summed E-state index contributed by atoms with van der Waals surface area (Å²) >= 11 is 0. The predicted octanol–water partition coefficient (Wildman–Crippen LogP) is 3.79. The maximum atomic E-state index is 12.8. The van der Waals surface area contributed by atoms with E-state index in [1.807, 2.05) is 30.9 Å². The summed E-state index contributed by atoms with van der Waals surface area (Å²) < 4.78 is 28.2. The molecule has 1 amide bonds. The molecule has 5 nitrogen and oxygen atoms in total. The number of hydrogen-bond donors (Lipinski definition) is 1. The third-order valence-electron chi connectivity index (χ3n) is 5.44. The molecule has 0 unspecified atom stereocenters. The molecular formula is C21H24N2O3S. The molecule has 1 aliphatic carbocycles. The molecule has 0 bridgehead atoms. The lowest BCUT2D eigenvalue weighted by Gasteiger charge is -2.30. The molecule has 1 fully saturated rings. The molecule has 0 aromatic heterocycles. The van der Waals surface area contributed by atoms with Gasteiger partial charge in [0.1, 0.15) is 0 Å². The van der Waals surface area contributed by atoms with E-state index in [-0.39, 0.29) is 16.7 Å². The van der Waals surface area contributed by atoms with Gasteiger partial charge in [0.15, 0.2) is 0 Å². The van der Waals surface area contributed by atoms with Gasteiger partial charge < -0.3 is 4.90 Å². The second-order valence-electron chi connectivity index (χ2n) is 7.56. The molecule has 0 spiro atoms. The van der Waals surface area contributed by atoms with Gasteiger partial charge in [0.05, 0.1) is 10.6 Å². The SMILES string of the molecule is Cc1ccc(S(=O)(=O)Nc2ccc3c(c2)N(C(=O)C2CC2)CCC3)cc1C. The Balaban J connectivity index is 1.64. The molecule has 6 heteroatoms. The topological polar surface area (TPSA) is 66.5 Å². The number of benzene rings is 2. The molecule has 1 aliphatic heterocycles. The number of rotatable bonds is 4. The van der Waals surface area contributed by atoms with E-state index >= 15 is 0 Å². The number of nitrogens with one attached hydrogen (secondary N) is 1. The Morgan fingerprint density at radius 1 is 1.07 bits per heavy atom. The standard InChI is InChI=1S/C21H24N2O3S/c1-14-5-10-19(12-15(14)2)27(25,26)22-18-9-8-16-4-3-11-23(20(16)13-18)21(24)17-6-7-17/h5,8-10,12-13,17,22H,3-4,6-7,11H2,1-2H3. The zero-order valence-corrected chi connectivity index (χ0v) is 16.5. The van der Waals surface area contributed by atoms with E-state index in [4.69, 9.17) is 0 Å². The highest BCUT2D eigenvalue weighted by Gasteiger charge is 2.35.